The molecule has 0 aliphatic heterocycles. The molecule has 1 rings (SSSR count). The van der Waals surface area contributed by atoms with Crippen LogP contribution >= 0.6 is 0 Å². The third-order valence-electron chi connectivity index (χ3n) is 1.95. The summed E-state index contributed by atoms with van der Waals surface area (Å²) >= 11 is 0. The van der Waals surface area contributed by atoms with Crippen molar-refractivity contribution in [3.05, 3.63) is 29.3 Å². The number of halogens is 2. The predicted octanol–water partition coefficient (Wildman–Crippen LogP) is 1.56. The minimum absolute atomic E-state index is 0.261. The number of amides is 1. The molecule has 0 bridgehead atoms. The maximum Gasteiger partial charge on any atom is 0.241 e. The highest BCUT2D eigenvalue weighted by molar-refractivity contribution is 5.94. The number of nitrogens with one attached hydrogen (secondary N) is 1. The number of nitrogens with two attached hydrogens (primary N) is 1. The third-order valence-corrected chi connectivity index (χ3v) is 1.95. The number of carbonyl (C=O) groups excluding carboxylic acids is 1. The molecule has 0 aliphatic rings. The average Bonchev–Trinajstić information content (AvgIpc) is 2.18. The lowest BCUT2D eigenvalue weighted by Gasteiger charge is -2.10. The van der Waals surface area contributed by atoms with E-state index in [4.69, 9.17) is 5.73 Å². The van der Waals surface area contributed by atoms with Crippen LogP contribution in [0.5, 0.6) is 0 Å². The predicted molar refractivity (Wildman–Crippen MR) is 53.4 cm³/mol. The van der Waals surface area contributed by atoms with Crippen molar-refractivity contribution in [2.45, 2.75) is 19.9 Å². The van der Waals surface area contributed by atoms with Crippen molar-refractivity contribution in [3.63, 3.8) is 0 Å². The molecule has 1 aromatic carbocycles. The first kappa shape index (κ1) is 11.6. The molecule has 1 atom stereocenters. The van der Waals surface area contributed by atoms with Crippen LogP contribution in [0.15, 0.2) is 12.1 Å². The second-order valence-electron chi connectivity index (χ2n) is 3.33. The number of hydrogen-bond donors (Lipinski definition) is 2. The molecule has 0 heterocycles. The van der Waals surface area contributed by atoms with E-state index in [-0.39, 0.29) is 5.56 Å². The molecule has 0 unspecified atom stereocenters. The first-order valence-electron chi connectivity index (χ1n) is 4.44. The molecule has 82 valence electrons. The Balaban J connectivity index is 3.04. The largest absolute Gasteiger partial charge is 0.320 e. The number of carbonyl (C=O) groups is 1. The first-order chi connectivity index (χ1) is 6.93. The molecule has 0 saturated carbocycles. The molecule has 15 heavy (non-hydrogen) atoms. The highest BCUT2D eigenvalue weighted by Crippen LogP contribution is 2.21. The zero-order valence-electron chi connectivity index (χ0n) is 8.47. The van der Waals surface area contributed by atoms with Gasteiger partial charge in [0.25, 0.3) is 0 Å². The average molecular weight is 214 g/mol. The molecule has 3 N–H and O–H groups in total. The van der Waals surface area contributed by atoms with Gasteiger partial charge in [-0.25, -0.2) is 8.78 Å². The van der Waals surface area contributed by atoms with E-state index < -0.39 is 29.3 Å². The van der Waals surface area contributed by atoms with Gasteiger partial charge in [0.2, 0.25) is 5.91 Å². The summed E-state index contributed by atoms with van der Waals surface area (Å²) in [4.78, 5) is 11.2. The van der Waals surface area contributed by atoms with Gasteiger partial charge in [-0.15, -0.1) is 0 Å². The SMILES string of the molecule is Cc1ccc(F)c(NC(=O)[C@H](C)N)c1F. The second-order valence-corrected chi connectivity index (χ2v) is 3.33. The molecule has 1 aromatic rings. The summed E-state index contributed by atoms with van der Waals surface area (Å²) in [6.07, 6.45) is 0. The highest BCUT2D eigenvalue weighted by atomic mass is 19.1. The summed E-state index contributed by atoms with van der Waals surface area (Å²) in [6, 6.07) is 1.57. The van der Waals surface area contributed by atoms with E-state index in [0.717, 1.165) is 6.07 Å². The van der Waals surface area contributed by atoms with E-state index >= 15 is 0 Å². The second kappa shape index (κ2) is 4.35. The van der Waals surface area contributed by atoms with E-state index in [9.17, 15) is 13.6 Å². The first-order valence-corrected chi connectivity index (χ1v) is 4.44. The summed E-state index contributed by atoms with van der Waals surface area (Å²) in [5, 5.41) is 2.10. The minimum atomic E-state index is -0.815. The Morgan fingerprint density at radius 1 is 1.47 bits per heavy atom. The fraction of sp³-hybridized carbons (Fsp3) is 0.300. The van der Waals surface area contributed by atoms with Crippen LogP contribution in [0.1, 0.15) is 12.5 Å². The summed E-state index contributed by atoms with van der Waals surface area (Å²) in [5.74, 6) is -2.21. The molecular formula is C10H12F2N2O. The number of aryl methyl sites for hydroxylation is 1. The van der Waals surface area contributed by atoms with Gasteiger partial charge in [-0.3, -0.25) is 4.79 Å². The lowest BCUT2D eigenvalue weighted by Crippen LogP contribution is -2.33. The van der Waals surface area contributed by atoms with Crippen LogP contribution in [-0.4, -0.2) is 11.9 Å². The van der Waals surface area contributed by atoms with Crippen LogP contribution in [0.2, 0.25) is 0 Å². The van der Waals surface area contributed by atoms with Crippen molar-refractivity contribution in [1.29, 1.82) is 0 Å². The Bertz CT molecular complexity index is 391. The van der Waals surface area contributed by atoms with Crippen LogP contribution < -0.4 is 11.1 Å². The van der Waals surface area contributed by atoms with Crippen molar-refractivity contribution < 1.29 is 13.6 Å². The van der Waals surface area contributed by atoms with Gasteiger partial charge in [0.15, 0.2) is 5.82 Å². The lowest BCUT2D eigenvalue weighted by molar-refractivity contribution is -0.117. The van der Waals surface area contributed by atoms with Gasteiger partial charge in [-0.05, 0) is 25.5 Å². The van der Waals surface area contributed by atoms with Gasteiger partial charge in [0, 0.05) is 0 Å². The Morgan fingerprint density at radius 2 is 2.07 bits per heavy atom. The Morgan fingerprint density at radius 3 is 2.60 bits per heavy atom. The number of hydrogen-bond acceptors (Lipinski definition) is 2. The molecule has 3 nitrogen and oxygen atoms in total. The number of rotatable bonds is 2. The van der Waals surface area contributed by atoms with Gasteiger partial charge in [-0.2, -0.15) is 0 Å². The van der Waals surface area contributed by atoms with Crippen molar-refractivity contribution in [3.8, 4) is 0 Å². The normalized spacial score (nSPS) is 12.3. The maximum atomic E-state index is 13.4. The summed E-state index contributed by atoms with van der Waals surface area (Å²) in [6.45, 7) is 2.91. The standard InChI is InChI=1S/C10H12F2N2O/c1-5-3-4-7(11)9(8(5)12)14-10(15)6(2)13/h3-4,6H,13H2,1-2H3,(H,14,15)/t6-/m0/s1. The molecule has 0 radical (unpaired) electrons. The Hall–Kier alpha value is -1.49. The maximum absolute atomic E-state index is 13.4. The summed E-state index contributed by atoms with van der Waals surface area (Å²) < 4.78 is 26.5. The van der Waals surface area contributed by atoms with Gasteiger partial charge in [-0.1, -0.05) is 6.07 Å². The molecule has 5 heteroatoms. The summed E-state index contributed by atoms with van der Waals surface area (Å²) in [7, 11) is 0. The van der Waals surface area contributed by atoms with Crippen molar-refractivity contribution in [1.82, 2.24) is 0 Å². The van der Waals surface area contributed by atoms with Gasteiger partial charge >= 0.3 is 0 Å². The smallest absolute Gasteiger partial charge is 0.241 e. The highest BCUT2D eigenvalue weighted by Gasteiger charge is 2.15. The summed E-state index contributed by atoms with van der Waals surface area (Å²) in [5.41, 5.74) is 5.08. The lowest BCUT2D eigenvalue weighted by atomic mass is 10.2. The zero-order chi connectivity index (χ0) is 11.6. The van der Waals surface area contributed by atoms with Gasteiger partial charge in [0.05, 0.1) is 6.04 Å². The fourth-order valence-corrected chi connectivity index (χ4v) is 1.01. The number of anilines is 1. The molecule has 1 amide bonds. The van der Waals surface area contributed by atoms with Crippen molar-refractivity contribution in [2.24, 2.45) is 5.73 Å². The molecular weight excluding hydrogens is 202 g/mol. The van der Waals surface area contributed by atoms with E-state index in [1.807, 2.05) is 0 Å². The van der Waals surface area contributed by atoms with Crippen LogP contribution in [0.3, 0.4) is 0 Å². The zero-order valence-corrected chi connectivity index (χ0v) is 8.47. The van der Waals surface area contributed by atoms with Crippen molar-refractivity contribution in [2.75, 3.05) is 5.32 Å². The molecule has 0 saturated heterocycles. The van der Waals surface area contributed by atoms with Crippen LogP contribution in [0, 0.1) is 18.6 Å². The fourth-order valence-electron chi connectivity index (χ4n) is 1.01. The van der Waals surface area contributed by atoms with Crippen LogP contribution in [-0.2, 0) is 4.79 Å². The van der Waals surface area contributed by atoms with Crippen molar-refractivity contribution >= 4 is 11.6 Å². The molecule has 0 aromatic heterocycles. The van der Waals surface area contributed by atoms with Crippen LogP contribution in [0.25, 0.3) is 0 Å². The minimum Gasteiger partial charge on any atom is -0.320 e. The monoisotopic (exact) mass is 214 g/mol. The number of benzene rings is 1. The topological polar surface area (TPSA) is 55.1 Å². The molecule has 0 fully saturated rings. The van der Waals surface area contributed by atoms with Crippen LogP contribution in [0.4, 0.5) is 14.5 Å². The van der Waals surface area contributed by atoms with Gasteiger partial charge < -0.3 is 11.1 Å². The molecule has 0 spiro atoms. The van der Waals surface area contributed by atoms with E-state index in [0.29, 0.717) is 0 Å². The quantitative estimate of drug-likeness (QED) is 0.784. The molecule has 0 aliphatic carbocycles. The Labute approximate surface area is 86.3 Å². The van der Waals surface area contributed by atoms with E-state index in [1.54, 1.807) is 0 Å². The Kier molecular flexibility index (Phi) is 3.36. The van der Waals surface area contributed by atoms with E-state index in [1.165, 1.54) is 19.9 Å². The van der Waals surface area contributed by atoms with Gasteiger partial charge in [0.1, 0.15) is 11.5 Å². The van der Waals surface area contributed by atoms with E-state index in [2.05, 4.69) is 5.32 Å². The third kappa shape index (κ3) is 2.50.